The fourth-order valence-electron chi connectivity index (χ4n) is 1.59. The molecule has 11 heavy (non-hydrogen) atoms. The van der Waals surface area contributed by atoms with E-state index in [1.807, 2.05) is 0 Å². The average Bonchev–Trinajstić information content (AvgIpc) is 1.86. The van der Waals surface area contributed by atoms with Crippen molar-refractivity contribution in [3.05, 3.63) is 11.9 Å². The molecule has 0 aromatic carbocycles. The van der Waals surface area contributed by atoms with Crippen LogP contribution in [0.1, 0.15) is 40.0 Å². The first kappa shape index (κ1) is 8.76. The second kappa shape index (κ2) is 2.96. The van der Waals surface area contributed by atoms with Gasteiger partial charge in [-0.15, -0.1) is 0 Å². The Morgan fingerprint density at radius 2 is 2.09 bits per heavy atom. The Hall–Kier alpha value is -0.330. The summed E-state index contributed by atoms with van der Waals surface area (Å²) in [5.74, 6) is 0.757. The first-order valence-electron chi connectivity index (χ1n) is 4.34. The van der Waals surface area contributed by atoms with Gasteiger partial charge in [0.15, 0.2) is 0 Å². The highest BCUT2D eigenvalue weighted by Crippen LogP contribution is 2.37. The molecule has 0 bridgehead atoms. The number of hydrogen-bond acceptors (Lipinski definition) is 0. The lowest BCUT2D eigenvalue weighted by atomic mass is 9.74. The number of hydrogen-bond donors (Lipinski definition) is 0. The lowest BCUT2D eigenvalue weighted by Gasteiger charge is -2.31. The molecule has 0 aromatic heterocycles. The van der Waals surface area contributed by atoms with Gasteiger partial charge in [0.2, 0.25) is 0 Å². The highest BCUT2D eigenvalue weighted by atomic mass is 19.1. The van der Waals surface area contributed by atoms with Gasteiger partial charge in [0.05, 0.1) is 5.83 Å². The molecular formula is C10H17F. The van der Waals surface area contributed by atoms with Crippen molar-refractivity contribution in [2.45, 2.75) is 40.0 Å². The van der Waals surface area contributed by atoms with E-state index < -0.39 is 0 Å². The average molecular weight is 156 g/mol. The van der Waals surface area contributed by atoms with Gasteiger partial charge in [-0.25, -0.2) is 4.39 Å². The summed E-state index contributed by atoms with van der Waals surface area (Å²) in [6.07, 6.45) is 4.35. The third-order valence-electron chi connectivity index (χ3n) is 2.58. The van der Waals surface area contributed by atoms with E-state index in [1.54, 1.807) is 6.08 Å². The molecule has 1 unspecified atom stereocenters. The van der Waals surface area contributed by atoms with Gasteiger partial charge in [0.1, 0.15) is 0 Å². The van der Waals surface area contributed by atoms with E-state index in [1.165, 1.54) is 0 Å². The third kappa shape index (κ3) is 2.32. The molecule has 0 spiro atoms. The lowest BCUT2D eigenvalue weighted by molar-refractivity contribution is 0.214. The van der Waals surface area contributed by atoms with E-state index in [0.29, 0.717) is 17.8 Å². The zero-order valence-electron chi connectivity index (χ0n) is 7.65. The molecule has 0 N–H and O–H groups in total. The van der Waals surface area contributed by atoms with Crippen LogP contribution in [0.25, 0.3) is 0 Å². The Kier molecular flexibility index (Phi) is 2.36. The van der Waals surface area contributed by atoms with Crippen LogP contribution in [0.3, 0.4) is 0 Å². The van der Waals surface area contributed by atoms with Gasteiger partial charge in [0.25, 0.3) is 0 Å². The van der Waals surface area contributed by atoms with E-state index in [0.717, 1.165) is 12.8 Å². The van der Waals surface area contributed by atoms with Crippen molar-refractivity contribution in [3.8, 4) is 0 Å². The Morgan fingerprint density at radius 3 is 2.45 bits per heavy atom. The molecule has 1 atom stereocenters. The van der Waals surface area contributed by atoms with Crippen LogP contribution in [0.2, 0.25) is 0 Å². The zero-order chi connectivity index (χ0) is 8.48. The highest BCUT2D eigenvalue weighted by Gasteiger charge is 2.25. The molecule has 0 nitrogen and oxygen atoms in total. The van der Waals surface area contributed by atoms with Crippen molar-refractivity contribution >= 4 is 0 Å². The van der Waals surface area contributed by atoms with Crippen molar-refractivity contribution in [3.63, 3.8) is 0 Å². The Balaban J connectivity index is 2.54. The molecule has 64 valence electrons. The summed E-state index contributed by atoms with van der Waals surface area (Å²) in [6, 6.07) is 0. The molecule has 1 aliphatic rings. The monoisotopic (exact) mass is 156 g/mol. The summed E-state index contributed by atoms with van der Waals surface area (Å²) in [4.78, 5) is 0. The van der Waals surface area contributed by atoms with Crippen molar-refractivity contribution < 1.29 is 4.39 Å². The molecule has 0 fully saturated rings. The van der Waals surface area contributed by atoms with E-state index in [-0.39, 0.29) is 5.83 Å². The van der Waals surface area contributed by atoms with Crippen LogP contribution < -0.4 is 0 Å². The van der Waals surface area contributed by atoms with Gasteiger partial charge >= 0.3 is 0 Å². The maximum Gasteiger partial charge on any atom is 0.0960 e. The first-order chi connectivity index (χ1) is 5.00. The second-order valence-corrected chi connectivity index (χ2v) is 4.49. The zero-order valence-corrected chi connectivity index (χ0v) is 7.65. The van der Waals surface area contributed by atoms with Crippen LogP contribution in [0.4, 0.5) is 4.39 Å². The third-order valence-corrected chi connectivity index (χ3v) is 2.58. The summed E-state index contributed by atoms with van der Waals surface area (Å²) in [6.45, 7) is 6.69. The number of allylic oxidation sites excluding steroid dienone is 2. The molecule has 0 radical (unpaired) electrons. The van der Waals surface area contributed by atoms with Crippen molar-refractivity contribution in [1.29, 1.82) is 0 Å². The van der Waals surface area contributed by atoms with E-state index in [9.17, 15) is 4.39 Å². The molecule has 0 aliphatic heterocycles. The van der Waals surface area contributed by atoms with Crippen LogP contribution in [0, 0.1) is 11.3 Å². The molecule has 1 aliphatic carbocycles. The summed E-state index contributed by atoms with van der Waals surface area (Å²) in [5.41, 5.74) is 0.344. The number of rotatable bonds is 0. The quantitative estimate of drug-likeness (QED) is 0.502. The van der Waals surface area contributed by atoms with Crippen molar-refractivity contribution in [1.82, 2.24) is 0 Å². The maximum absolute atomic E-state index is 12.6. The van der Waals surface area contributed by atoms with Crippen LogP contribution in [-0.4, -0.2) is 0 Å². The lowest BCUT2D eigenvalue weighted by Crippen LogP contribution is -2.21. The largest absolute Gasteiger partial charge is 0.212 e. The van der Waals surface area contributed by atoms with Crippen LogP contribution in [0.5, 0.6) is 0 Å². The summed E-state index contributed by atoms with van der Waals surface area (Å²) in [7, 11) is 0. The molecule has 0 saturated heterocycles. The molecule has 1 rings (SSSR count). The second-order valence-electron chi connectivity index (χ2n) is 4.49. The molecule has 1 heteroatoms. The van der Waals surface area contributed by atoms with Gasteiger partial charge < -0.3 is 0 Å². The molecule has 0 amide bonds. The van der Waals surface area contributed by atoms with Crippen LogP contribution in [0.15, 0.2) is 11.9 Å². The predicted octanol–water partition coefficient (Wildman–Crippen LogP) is 3.69. The van der Waals surface area contributed by atoms with Gasteiger partial charge in [0, 0.05) is 0 Å². The minimum Gasteiger partial charge on any atom is -0.212 e. The minimum absolute atomic E-state index is 0.0884. The molecular weight excluding hydrogens is 139 g/mol. The Morgan fingerprint density at radius 1 is 1.45 bits per heavy atom. The molecule has 0 saturated carbocycles. The van der Waals surface area contributed by atoms with Crippen LogP contribution >= 0.6 is 0 Å². The van der Waals surface area contributed by atoms with Gasteiger partial charge in [-0.3, -0.25) is 0 Å². The smallest absolute Gasteiger partial charge is 0.0960 e. The highest BCUT2D eigenvalue weighted by molar-refractivity contribution is 4.99. The van der Waals surface area contributed by atoms with Crippen molar-refractivity contribution in [2.24, 2.45) is 11.3 Å². The summed E-state index contributed by atoms with van der Waals surface area (Å²) < 4.78 is 12.6. The van der Waals surface area contributed by atoms with Crippen molar-refractivity contribution in [2.75, 3.05) is 0 Å². The Labute approximate surface area is 68.5 Å². The Bertz CT molecular complexity index is 162. The molecule has 0 heterocycles. The van der Waals surface area contributed by atoms with Gasteiger partial charge in [-0.1, -0.05) is 26.8 Å². The topological polar surface area (TPSA) is 0 Å². The van der Waals surface area contributed by atoms with Crippen LogP contribution in [-0.2, 0) is 0 Å². The van der Waals surface area contributed by atoms with Gasteiger partial charge in [-0.2, -0.15) is 0 Å². The summed E-state index contributed by atoms with van der Waals surface area (Å²) in [5, 5.41) is 0. The molecule has 0 aromatic rings. The normalized spacial score (nSPS) is 26.5. The summed E-state index contributed by atoms with van der Waals surface area (Å²) >= 11 is 0. The fourth-order valence-corrected chi connectivity index (χ4v) is 1.59. The first-order valence-corrected chi connectivity index (χ1v) is 4.34. The number of halogens is 1. The SMILES string of the molecule is CC(C)(C)C1CC=C(F)CC1. The predicted molar refractivity (Wildman–Crippen MR) is 46.0 cm³/mol. The van der Waals surface area contributed by atoms with Gasteiger partial charge in [-0.05, 0) is 30.6 Å². The van der Waals surface area contributed by atoms with E-state index >= 15 is 0 Å². The van der Waals surface area contributed by atoms with E-state index in [4.69, 9.17) is 0 Å². The minimum atomic E-state index is 0.0884. The van der Waals surface area contributed by atoms with E-state index in [2.05, 4.69) is 20.8 Å². The maximum atomic E-state index is 12.6. The fraction of sp³-hybridized carbons (Fsp3) is 0.800. The standard InChI is InChI=1S/C10H17F/c1-10(2,3)8-4-6-9(11)7-5-8/h6,8H,4-5,7H2,1-3H3.